The van der Waals surface area contributed by atoms with Crippen molar-refractivity contribution in [3.8, 4) is 0 Å². The van der Waals surface area contributed by atoms with Gasteiger partial charge in [0.25, 0.3) is 0 Å². The van der Waals surface area contributed by atoms with Crippen LogP contribution in [-0.4, -0.2) is 74.4 Å². The van der Waals surface area contributed by atoms with E-state index < -0.39 is 0 Å². The first kappa shape index (κ1) is 34.9. The number of nitrogens with zero attached hydrogens (tertiary/aromatic N) is 4. The molecule has 4 aromatic carbocycles. The number of para-hydroxylation sites is 4. The van der Waals surface area contributed by atoms with Crippen molar-refractivity contribution in [1.29, 1.82) is 0 Å². The molecule has 48 heavy (non-hydrogen) atoms. The number of likely N-dealkylation sites (N-methyl/N-ethyl adjacent to an activating group) is 2. The van der Waals surface area contributed by atoms with Crippen molar-refractivity contribution in [2.45, 2.75) is 73.0 Å². The second kappa shape index (κ2) is 16.2. The first-order valence-electron chi connectivity index (χ1n) is 18.5. The van der Waals surface area contributed by atoms with Gasteiger partial charge in [0.2, 0.25) is 0 Å². The summed E-state index contributed by atoms with van der Waals surface area (Å²) < 4.78 is 2.41. The molecule has 6 rings (SSSR count). The molecule has 2 aliphatic rings. The van der Waals surface area contributed by atoms with E-state index in [0.29, 0.717) is 0 Å². The van der Waals surface area contributed by atoms with Crippen molar-refractivity contribution in [2.24, 2.45) is 0 Å². The highest BCUT2D eigenvalue weighted by Gasteiger charge is 2.30. The fraction of sp³-hybridized carbons (Fsp3) is 0.429. The molecule has 4 aromatic rings. The maximum atomic E-state index is 2.59. The average molecular weight is 681 g/mol. The van der Waals surface area contributed by atoms with Crippen LogP contribution in [0.5, 0.6) is 0 Å². The number of hydrogen-bond donors (Lipinski definition) is 0. The van der Waals surface area contributed by atoms with E-state index in [0.717, 1.165) is 13.1 Å². The molecule has 2 aliphatic heterocycles. The van der Waals surface area contributed by atoms with Gasteiger partial charge in [0.05, 0.1) is 88.2 Å². The third kappa shape index (κ3) is 7.62. The lowest BCUT2D eigenvalue weighted by Gasteiger charge is -2.41. The lowest BCUT2D eigenvalue weighted by molar-refractivity contribution is -0.924. The number of fused-ring (bicyclic) bond motifs is 4. The second-order valence-corrected chi connectivity index (χ2v) is 15.8. The fourth-order valence-electron chi connectivity index (χ4n) is 7.85. The lowest BCUT2D eigenvalue weighted by atomic mass is 10.1. The zero-order chi connectivity index (χ0) is 33.4. The van der Waals surface area contributed by atoms with Crippen LogP contribution >= 0.6 is 23.5 Å². The van der Waals surface area contributed by atoms with E-state index in [4.69, 9.17) is 0 Å². The number of hydrogen-bond acceptors (Lipinski definition) is 4. The number of unbranched alkanes of at least 4 members (excludes halogenated alkanes) is 3. The molecule has 0 saturated heterocycles. The maximum Gasteiger partial charge on any atom is 0.0968 e. The van der Waals surface area contributed by atoms with Gasteiger partial charge in [-0.25, -0.2) is 0 Å². The van der Waals surface area contributed by atoms with Gasteiger partial charge in [-0.2, -0.15) is 0 Å². The Kier molecular flexibility index (Phi) is 11.8. The summed E-state index contributed by atoms with van der Waals surface area (Å²) in [5.74, 6) is 0. The molecule has 254 valence electrons. The van der Waals surface area contributed by atoms with Gasteiger partial charge in [-0.1, -0.05) is 72.1 Å². The van der Waals surface area contributed by atoms with E-state index in [1.54, 1.807) is 0 Å². The van der Waals surface area contributed by atoms with E-state index >= 15 is 0 Å². The highest BCUT2D eigenvalue weighted by molar-refractivity contribution is 8.00. The van der Waals surface area contributed by atoms with E-state index in [9.17, 15) is 0 Å². The Morgan fingerprint density at radius 3 is 0.979 bits per heavy atom. The summed E-state index contributed by atoms with van der Waals surface area (Å²) >= 11 is 3.82. The van der Waals surface area contributed by atoms with Gasteiger partial charge >= 0.3 is 0 Å². The summed E-state index contributed by atoms with van der Waals surface area (Å²) in [6, 6.07) is 35.8. The summed E-state index contributed by atoms with van der Waals surface area (Å²) in [5, 5.41) is 0. The maximum absolute atomic E-state index is 2.59. The van der Waals surface area contributed by atoms with E-state index in [2.05, 4.69) is 135 Å². The highest BCUT2D eigenvalue weighted by Crippen LogP contribution is 2.49. The van der Waals surface area contributed by atoms with Crippen molar-refractivity contribution < 1.29 is 8.97 Å². The topological polar surface area (TPSA) is 6.48 Å². The van der Waals surface area contributed by atoms with Crippen LogP contribution in [0.1, 0.15) is 53.4 Å². The molecule has 0 atom stereocenters. The molecule has 0 radical (unpaired) electrons. The van der Waals surface area contributed by atoms with Crippen molar-refractivity contribution in [3.63, 3.8) is 0 Å². The Balaban J connectivity index is 1.01. The summed E-state index contributed by atoms with van der Waals surface area (Å²) in [6.07, 6.45) is 5.32. The molecule has 0 spiro atoms. The van der Waals surface area contributed by atoms with E-state index in [1.165, 1.54) is 129 Å². The minimum Gasteiger partial charge on any atom is -0.334 e. The molecule has 0 N–H and O–H groups in total. The van der Waals surface area contributed by atoms with Crippen LogP contribution in [0.4, 0.5) is 22.7 Å². The minimum absolute atomic E-state index is 1.06. The van der Waals surface area contributed by atoms with E-state index in [-0.39, 0.29) is 0 Å². The zero-order valence-electron chi connectivity index (χ0n) is 29.7. The molecular weight excluding hydrogens is 625 g/mol. The van der Waals surface area contributed by atoms with Crippen LogP contribution in [0.3, 0.4) is 0 Å². The Hall–Kier alpha value is -2.90. The Bertz CT molecular complexity index is 1420. The molecule has 0 saturated carbocycles. The molecule has 2 heterocycles. The van der Waals surface area contributed by atoms with Crippen LogP contribution in [0.15, 0.2) is 117 Å². The first-order valence-corrected chi connectivity index (χ1v) is 20.1. The molecule has 0 amide bonds. The molecule has 6 heteroatoms. The van der Waals surface area contributed by atoms with E-state index in [1.807, 2.05) is 23.5 Å². The molecule has 0 aromatic heterocycles. The molecule has 0 aliphatic carbocycles. The molecule has 4 nitrogen and oxygen atoms in total. The van der Waals surface area contributed by atoms with Crippen LogP contribution in [0, 0.1) is 0 Å². The highest BCUT2D eigenvalue weighted by atomic mass is 32.2. The molecule has 0 unspecified atom stereocenters. The van der Waals surface area contributed by atoms with Crippen molar-refractivity contribution >= 4 is 46.3 Å². The number of rotatable bonds is 17. The first-order chi connectivity index (χ1) is 23.5. The standard InChI is InChI=1S/C42H56N4S2/c1-5-45(6-2,33-29-43-35-21-11-15-25-39(35)47-40-26-16-12-22-36(40)43)31-19-9-10-20-32-46(7-3,8-4)34-30-44-37-23-13-17-27-41(37)48-42-28-18-14-24-38(42)44/h11-18,21-28H,5-10,19-20,29-34H2,1-4H3/q+2. The summed E-state index contributed by atoms with van der Waals surface area (Å²) in [4.78, 5) is 10.7. The Labute approximate surface area is 299 Å². The quantitative estimate of drug-likeness (QED) is 0.0808. The fourth-order valence-corrected chi connectivity index (χ4v) is 10.0. The average Bonchev–Trinajstić information content (AvgIpc) is 3.14. The monoisotopic (exact) mass is 680 g/mol. The smallest absolute Gasteiger partial charge is 0.0968 e. The number of quaternary nitrogens is 2. The summed E-state index contributed by atoms with van der Waals surface area (Å²) in [6.45, 7) is 21.5. The largest absolute Gasteiger partial charge is 0.334 e. The van der Waals surface area contributed by atoms with Gasteiger partial charge in [-0.05, 0) is 102 Å². The third-order valence-electron chi connectivity index (χ3n) is 11.4. The Morgan fingerprint density at radius 1 is 0.396 bits per heavy atom. The SMILES string of the molecule is CC[N+](CC)(CCCCCC[N+](CC)(CC)CCN1c2ccccc2Sc2ccccc21)CCN1c2ccccc2Sc2ccccc21. The number of benzene rings is 4. The third-order valence-corrected chi connectivity index (χ3v) is 13.6. The molecule has 0 fully saturated rings. The lowest BCUT2D eigenvalue weighted by Crippen LogP contribution is -2.52. The summed E-state index contributed by atoms with van der Waals surface area (Å²) in [7, 11) is 0. The van der Waals surface area contributed by atoms with Crippen LogP contribution < -0.4 is 9.80 Å². The Morgan fingerprint density at radius 2 is 0.688 bits per heavy atom. The van der Waals surface area contributed by atoms with Crippen LogP contribution in [-0.2, 0) is 0 Å². The van der Waals surface area contributed by atoms with Gasteiger partial charge in [-0.15, -0.1) is 0 Å². The molecular formula is C42H56N4S2+2. The van der Waals surface area contributed by atoms with Crippen molar-refractivity contribution in [2.75, 3.05) is 75.2 Å². The van der Waals surface area contributed by atoms with Crippen molar-refractivity contribution in [1.82, 2.24) is 0 Å². The van der Waals surface area contributed by atoms with Crippen LogP contribution in [0.25, 0.3) is 0 Å². The second-order valence-electron chi connectivity index (χ2n) is 13.6. The normalized spacial score (nSPS) is 13.9. The predicted octanol–water partition coefficient (Wildman–Crippen LogP) is 10.9. The number of anilines is 4. The predicted molar refractivity (Wildman–Crippen MR) is 209 cm³/mol. The zero-order valence-corrected chi connectivity index (χ0v) is 31.4. The van der Waals surface area contributed by atoms with Gasteiger partial charge in [0.1, 0.15) is 0 Å². The van der Waals surface area contributed by atoms with Gasteiger partial charge in [0, 0.05) is 19.6 Å². The summed E-state index contributed by atoms with van der Waals surface area (Å²) in [5.41, 5.74) is 5.47. The molecule has 0 bridgehead atoms. The minimum atomic E-state index is 1.06. The van der Waals surface area contributed by atoms with Crippen molar-refractivity contribution in [3.05, 3.63) is 97.1 Å². The van der Waals surface area contributed by atoms with Gasteiger partial charge in [0.15, 0.2) is 0 Å². The van der Waals surface area contributed by atoms with Gasteiger partial charge in [-0.3, -0.25) is 0 Å². The van der Waals surface area contributed by atoms with Gasteiger partial charge < -0.3 is 18.8 Å². The van der Waals surface area contributed by atoms with Crippen LogP contribution in [0.2, 0.25) is 0 Å².